The molecule has 12 heteroatoms. The van der Waals surface area contributed by atoms with E-state index in [1.165, 1.54) is 0 Å². The Morgan fingerprint density at radius 2 is 1.83 bits per heavy atom. The molecule has 0 spiro atoms. The number of anilines is 1. The summed E-state index contributed by atoms with van der Waals surface area (Å²) in [6, 6.07) is 0.941. The fraction of sp³-hybridized carbons (Fsp3) is 0.552. The standard InChI is InChI=1S/C29H39BN4O6P/c1-32(2)22-14(12-34-7-5-15(35)6-8-34)11-18(36)20-16(22)9-13-10-17-23(33(3)4)25(38)21(28(31)40)26(30)29(17,41)27(39)19(13)24(20)37/h11,13,15,17,23,35-38H,5-10,12,41H2,1-4H3,(H2,31,40)/t13-,17-,23-,29+/m0/s1. The Morgan fingerprint density at radius 1 is 1.20 bits per heavy atom. The molecule has 1 aliphatic heterocycles. The van der Waals surface area contributed by atoms with Crippen molar-refractivity contribution in [3.63, 3.8) is 0 Å². The number of hydrogen-bond acceptors (Lipinski definition) is 9. The average molecular weight is 581 g/mol. The van der Waals surface area contributed by atoms with Crippen LogP contribution in [-0.4, -0.2) is 113 Å². The Labute approximate surface area is 243 Å². The molecule has 0 aromatic heterocycles. The van der Waals surface area contributed by atoms with Crippen molar-refractivity contribution in [2.24, 2.45) is 17.6 Å². The number of carbonyl (C=O) groups excluding carboxylic acids is 2. The van der Waals surface area contributed by atoms with Crippen LogP contribution in [0.15, 0.2) is 23.0 Å². The van der Waals surface area contributed by atoms with Crippen LogP contribution in [0.1, 0.15) is 36.0 Å². The summed E-state index contributed by atoms with van der Waals surface area (Å²) >= 11 is 0. The zero-order chi connectivity index (χ0) is 30.1. The van der Waals surface area contributed by atoms with Crippen LogP contribution in [-0.2, 0) is 22.6 Å². The third-order valence-electron chi connectivity index (χ3n) is 9.39. The Bertz CT molecular complexity index is 1400. The number of amides is 1. The van der Waals surface area contributed by atoms with Gasteiger partial charge in [-0.2, -0.15) is 0 Å². The third kappa shape index (κ3) is 4.53. The topological polar surface area (TPSA) is 151 Å². The van der Waals surface area contributed by atoms with Gasteiger partial charge < -0.3 is 5.11 Å². The minimum absolute atomic E-state index is 0.115. The molecule has 41 heavy (non-hydrogen) atoms. The number of phenolic OH excluding ortho intramolecular Hbond substituents is 1. The van der Waals surface area contributed by atoms with Crippen molar-refractivity contribution in [1.29, 1.82) is 0 Å². The Kier molecular flexibility index (Phi) is 7.64. The van der Waals surface area contributed by atoms with Gasteiger partial charge in [0.05, 0.1) is 6.10 Å². The minimum atomic E-state index is -1.48. The van der Waals surface area contributed by atoms with Crippen LogP contribution in [0.4, 0.5) is 5.69 Å². The molecular weight excluding hydrogens is 542 g/mol. The van der Waals surface area contributed by atoms with E-state index < -0.39 is 34.7 Å². The number of hydrogen-bond donors (Lipinski definition) is 5. The van der Waals surface area contributed by atoms with Crippen LogP contribution in [0.3, 0.4) is 0 Å². The van der Waals surface area contributed by atoms with Gasteiger partial charge in [0.1, 0.15) is 0 Å². The van der Waals surface area contributed by atoms with Gasteiger partial charge in [0.25, 0.3) is 0 Å². The summed E-state index contributed by atoms with van der Waals surface area (Å²) in [6.45, 7) is 2.05. The van der Waals surface area contributed by atoms with Crippen molar-refractivity contribution in [1.82, 2.24) is 9.80 Å². The number of likely N-dealkylation sites (tertiary alicyclic amines) is 1. The fourth-order valence-corrected chi connectivity index (χ4v) is 8.15. The number of fused-ring (bicyclic) bond motifs is 3. The van der Waals surface area contributed by atoms with Gasteiger partial charge >= 0.3 is 220 Å². The first-order valence-corrected chi connectivity index (χ1v) is 14.5. The second-order valence-corrected chi connectivity index (χ2v) is 13.2. The number of nitrogens with zero attached hydrogens (tertiary/aromatic N) is 3. The number of likely N-dealkylation sites (N-methyl/N-ethyl adjacent to an activating group) is 1. The zero-order valence-electron chi connectivity index (χ0n) is 24.0. The maximum atomic E-state index is 14.3. The average Bonchev–Trinajstić information content (AvgIpc) is 2.86. The number of phenols is 1. The Hall–Kier alpha value is -2.72. The molecule has 5 rings (SSSR count). The molecule has 219 valence electrons. The molecule has 1 saturated carbocycles. The van der Waals surface area contributed by atoms with Crippen LogP contribution < -0.4 is 10.6 Å². The Morgan fingerprint density at radius 3 is 2.39 bits per heavy atom. The number of aliphatic hydroxyl groups is 3. The van der Waals surface area contributed by atoms with Gasteiger partial charge in [-0.25, -0.2) is 0 Å². The summed E-state index contributed by atoms with van der Waals surface area (Å²) in [5.74, 6) is -3.00. The first-order valence-electron chi connectivity index (χ1n) is 13.9. The number of carbonyl (C=O) groups is 2. The fourth-order valence-electron chi connectivity index (χ4n) is 7.53. The number of Topliss-reactive ketones (excluding diaryl/α,β-unsaturated/α-hetero) is 1. The number of allylic oxidation sites excluding steroid dienone is 1. The van der Waals surface area contributed by atoms with E-state index in [0.29, 0.717) is 32.2 Å². The SMILES string of the molecule is [B]=C1C(C(N)=O)=C(O)[C@@H](N(C)C)[C@@H]2C[C@@H]3Cc4c(c(O)cc(CN5CCC(O)CC5)c4N(C)C)C(O)=C3C(=O)[C@]12P. The maximum absolute atomic E-state index is 14.3. The van der Waals surface area contributed by atoms with Gasteiger partial charge in [0.2, 0.25) is 0 Å². The van der Waals surface area contributed by atoms with Crippen LogP contribution in [0.2, 0.25) is 0 Å². The summed E-state index contributed by atoms with van der Waals surface area (Å²) in [6.07, 6.45) is 1.86. The van der Waals surface area contributed by atoms with Crippen molar-refractivity contribution >= 4 is 45.3 Å². The number of benzene rings is 1. The van der Waals surface area contributed by atoms with E-state index in [4.69, 9.17) is 13.2 Å². The number of primary amides is 1. The summed E-state index contributed by atoms with van der Waals surface area (Å²) < 4.78 is 0. The molecule has 2 fully saturated rings. The van der Waals surface area contributed by atoms with Gasteiger partial charge in [-0.1, -0.05) is 0 Å². The second-order valence-electron chi connectivity index (χ2n) is 12.3. The molecule has 0 bridgehead atoms. The van der Waals surface area contributed by atoms with Gasteiger partial charge in [0.15, 0.2) is 0 Å². The predicted molar refractivity (Wildman–Crippen MR) is 162 cm³/mol. The number of aliphatic hydroxyl groups excluding tert-OH is 3. The van der Waals surface area contributed by atoms with Crippen molar-refractivity contribution < 1.29 is 30.0 Å². The predicted octanol–water partition coefficient (Wildman–Crippen LogP) is 0.641. The molecule has 5 atom stereocenters. The number of nitrogens with two attached hydrogens (primary N) is 1. The van der Waals surface area contributed by atoms with Gasteiger partial charge in [0, 0.05) is 0 Å². The van der Waals surface area contributed by atoms with Crippen LogP contribution in [0, 0.1) is 11.8 Å². The van der Waals surface area contributed by atoms with E-state index >= 15 is 0 Å². The zero-order valence-corrected chi connectivity index (χ0v) is 25.2. The molecule has 1 saturated heterocycles. The molecule has 1 aromatic rings. The second kappa shape index (κ2) is 10.5. The van der Waals surface area contributed by atoms with E-state index in [2.05, 4.69) is 14.1 Å². The van der Waals surface area contributed by atoms with Crippen LogP contribution in [0.25, 0.3) is 5.76 Å². The molecule has 1 heterocycles. The van der Waals surface area contributed by atoms with E-state index in [1.54, 1.807) is 25.1 Å². The molecule has 1 amide bonds. The molecule has 1 radical (unpaired) electrons. The van der Waals surface area contributed by atoms with E-state index in [-0.39, 0.29) is 45.5 Å². The van der Waals surface area contributed by atoms with E-state index in [9.17, 15) is 30.0 Å². The molecule has 1 unspecified atom stereocenters. The quantitative estimate of drug-likeness (QED) is 0.249. The number of aromatic hydroxyl groups is 1. The molecule has 6 N–H and O–H groups in total. The van der Waals surface area contributed by atoms with Gasteiger partial charge in [-0.05, 0) is 12.8 Å². The van der Waals surface area contributed by atoms with E-state index in [1.807, 2.05) is 19.0 Å². The van der Waals surface area contributed by atoms with Crippen LogP contribution in [0.5, 0.6) is 5.75 Å². The van der Waals surface area contributed by atoms with Gasteiger partial charge in [-0.15, -0.1) is 0 Å². The first kappa shape index (κ1) is 29.8. The summed E-state index contributed by atoms with van der Waals surface area (Å²) in [5.41, 5.74) is 8.11. The van der Waals surface area contributed by atoms with Crippen molar-refractivity contribution in [2.75, 3.05) is 46.2 Å². The normalized spacial score (nSPS) is 29.0. The molecule has 10 nitrogen and oxygen atoms in total. The number of ketones is 1. The molecule has 4 aliphatic rings. The number of piperidine rings is 1. The molecule has 3 aliphatic carbocycles. The van der Waals surface area contributed by atoms with Gasteiger partial charge in [-0.3, -0.25) is 0 Å². The first-order chi connectivity index (χ1) is 19.2. The number of rotatable bonds is 5. The third-order valence-corrected chi connectivity index (χ3v) is 10.4. The van der Waals surface area contributed by atoms with Crippen molar-refractivity contribution in [3.8, 4) is 5.75 Å². The Balaban J connectivity index is 1.64. The summed E-state index contributed by atoms with van der Waals surface area (Å²) in [5, 5.41) is 42.5. The van der Waals surface area contributed by atoms with Crippen molar-refractivity contribution in [2.45, 2.75) is 49.5 Å². The summed E-state index contributed by atoms with van der Waals surface area (Å²) in [7, 11) is 16.3. The van der Waals surface area contributed by atoms with E-state index in [0.717, 1.165) is 29.9 Å². The molecule has 1 aromatic carbocycles. The van der Waals surface area contributed by atoms with Crippen molar-refractivity contribution in [3.05, 3.63) is 39.7 Å². The monoisotopic (exact) mass is 581 g/mol. The van der Waals surface area contributed by atoms with Crippen LogP contribution >= 0.6 is 9.24 Å². The summed E-state index contributed by atoms with van der Waals surface area (Å²) in [4.78, 5) is 32.7. The molecular formula is C29H39BN4O6P.